The molecule has 0 aliphatic heterocycles. The van der Waals surface area contributed by atoms with Crippen LogP contribution in [0, 0.1) is 24.7 Å². The smallest absolute Gasteiger partial charge is 0.0250 e. The Bertz CT molecular complexity index is 381. The fourth-order valence-electron chi connectivity index (χ4n) is 3.74. The molecule has 1 aliphatic rings. The average Bonchev–Trinajstić information content (AvgIpc) is 2.51. The number of benzene rings is 1. The molecule has 1 aromatic rings. The van der Waals surface area contributed by atoms with Crippen molar-refractivity contribution in [3.8, 4) is 0 Å². The summed E-state index contributed by atoms with van der Waals surface area (Å²) in [7, 11) is 0. The van der Waals surface area contributed by atoms with Crippen LogP contribution in [0.15, 0.2) is 24.3 Å². The van der Waals surface area contributed by atoms with Gasteiger partial charge in [0.05, 0.1) is 0 Å². The molecule has 1 atom stereocenters. The molecule has 21 heavy (non-hydrogen) atoms. The highest BCUT2D eigenvalue weighted by Crippen LogP contribution is 2.34. The first-order valence-corrected chi connectivity index (χ1v) is 9.23. The standard InChI is InChI=1S/C21H34/c1-4-17(2)6-5-7-19-12-14-21(15-13-19)16-20-10-8-18(3)9-11-20/h8-11,17,19,21H,4-7,12-16H2,1-3H3. The van der Waals surface area contributed by atoms with Gasteiger partial charge in [-0.3, -0.25) is 0 Å². The molecule has 0 heterocycles. The minimum atomic E-state index is 0.933. The Kier molecular flexibility index (Phi) is 6.80. The van der Waals surface area contributed by atoms with Crippen molar-refractivity contribution < 1.29 is 0 Å². The van der Waals surface area contributed by atoms with Gasteiger partial charge >= 0.3 is 0 Å². The summed E-state index contributed by atoms with van der Waals surface area (Å²) >= 11 is 0. The van der Waals surface area contributed by atoms with Gasteiger partial charge in [0.15, 0.2) is 0 Å². The fraction of sp³-hybridized carbons (Fsp3) is 0.714. The van der Waals surface area contributed by atoms with Crippen molar-refractivity contribution in [1.29, 1.82) is 0 Å². The van der Waals surface area contributed by atoms with E-state index < -0.39 is 0 Å². The molecule has 0 nitrogen and oxygen atoms in total. The Labute approximate surface area is 132 Å². The van der Waals surface area contributed by atoms with Crippen LogP contribution >= 0.6 is 0 Å². The molecule has 1 saturated carbocycles. The summed E-state index contributed by atoms with van der Waals surface area (Å²) in [5.41, 5.74) is 2.92. The van der Waals surface area contributed by atoms with Crippen LogP contribution in [0.2, 0.25) is 0 Å². The third-order valence-corrected chi connectivity index (χ3v) is 5.62. The Morgan fingerprint density at radius 2 is 1.62 bits per heavy atom. The number of hydrogen-bond acceptors (Lipinski definition) is 0. The Hall–Kier alpha value is -0.780. The lowest BCUT2D eigenvalue weighted by molar-refractivity contribution is 0.254. The van der Waals surface area contributed by atoms with E-state index in [1.807, 2.05) is 0 Å². The van der Waals surface area contributed by atoms with Crippen molar-refractivity contribution in [2.45, 2.75) is 78.6 Å². The van der Waals surface area contributed by atoms with Gasteiger partial charge in [0.25, 0.3) is 0 Å². The molecule has 1 fully saturated rings. The highest BCUT2D eigenvalue weighted by atomic mass is 14.3. The highest BCUT2D eigenvalue weighted by Gasteiger charge is 2.21. The largest absolute Gasteiger partial charge is 0.0651 e. The summed E-state index contributed by atoms with van der Waals surface area (Å²) in [4.78, 5) is 0. The molecular weight excluding hydrogens is 252 g/mol. The van der Waals surface area contributed by atoms with E-state index in [1.54, 1.807) is 5.56 Å². The summed E-state index contributed by atoms with van der Waals surface area (Å²) < 4.78 is 0. The molecule has 0 heteroatoms. The second-order valence-electron chi connectivity index (χ2n) is 7.52. The van der Waals surface area contributed by atoms with E-state index in [9.17, 15) is 0 Å². The zero-order valence-corrected chi connectivity index (χ0v) is 14.4. The molecule has 0 N–H and O–H groups in total. The average molecular weight is 287 g/mol. The number of hydrogen-bond donors (Lipinski definition) is 0. The number of rotatable bonds is 7. The molecule has 0 radical (unpaired) electrons. The zero-order valence-electron chi connectivity index (χ0n) is 14.4. The fourth-order valence-corrected chi connectivity index (χ4v) is 3.74. The molecule has 1 aliphatic carbocycles. The van der Waals surface area contributed by atoms with Crippen LogP contribution in [0.5, 0.6) is 0 Å². The molecule has 118 valence electrons. The van der Waals surface area contributed by atoms with Crippen LogP contribution in [-0.2, 0) is 6.42 Å². The van der Waals surface area contributed by atoms with E-state index >= 15 is 0 Å². The number of aryl methyl sites for hydroxylation is 1. The normalized spacial score (nSPS) is 24.0. The SMILES string of the molecule is CCC(C)CCCC1CCC(Cc2ccc(C)cc2)CC1. The summed E-state index contributed by atoms with van der Waals surface area (Å²) in [6.45, 7) is 6.90. The second kappa shape index (κ2) is 8.61. The van der Waals surface area contributed by atoms with Crippen molar-refractivity contribution in [2.24, 2.45) is 17.8 Å². The van der Waals surface area contributed by atoms with Crippen molar-refractivity contribution in [3.05, 3.63) is 35.4 Å². The predicted octanol–water partition coefficient (Wildman–Crippen LogP) is 6.56. The van der Waals surface area contributed by atoms with E-state index in [2.05, 4.69) is 45.0 Å². The Morgan fingerprint density at radius 3 is 2.24 bits per heavy atom. The molecule has 0 saturated heterocycles. The maximum atomic E-state index is 2.40. The Morgan fingerprint density at radius 1 is 1.00 bits per heavy atom. The quantitative estimate of drug-likeness (QED) is 0.532. The van der Waals surface area contributed by atoms with Crippen LogP contribution in [0.3, 0.4) is 0 Å². The minimum absolute atomic E-state index is 0.933. The lowest BCUT2D eigenvalue weighted by Crippen LogP contribution is -2.16. The molecular formula is C21H34. The predicted molar refractivity (Wildman–Crippen MR) is 93.6 cm³/mol. The van der Waals surface area contributed by atoms with Gasteiger partial charge in [0, 0.05) is 0 Å². The summed E-state index contributed by atoms with van der Waals surface area (Å²) in [5.74, 6) is 2.91. The van der Waals surface area contributed by atoms with E-state index in [-0.39, 0.29) is 0 Å². The van der Waals surface area contributed by atoms with Gasteiger partial charge in [-0.2, -0.15) is 0 Å². The molecule has 0 spiro atoms. The molecule has 2 rings (SSSR count). The van der Waals surface area contributed by atoms with Gasteiger partial charge in [0.2, 0.25) is 0 Å². The molecule has 0 amide bonds. The lowest BCUT2D eigenvalue weighted by atomic mass is 9.77. The van der Waals surface area contributed by atoms with Gasteiger partial charge in [0.1, 0.15) is 0 Å². The van der Waals surface area contributed by atoms with Gasteiger partial charge < -0.3 is 0 Å². The van der Waals surface area contributed by atoms with Gasteiger partial charge in [-0.05, 0) is 49.5 Å². The lowest BCUT2D eigenvalue weighted by Gasteiger charge is -2.29. The third kappa shape index (κ3) is 5.85. The van der Waals surface area contributed by atoms with Crippen LogP contribution < -0.4 is 0 Å². The van der Waals surface area contributed by atoms with Crippen molar-refractivity contribution in [1.82, 2.24) is 0 Å². The Balaban J connectivity index is 1.65. The molecule has 0 aromatic heterocycles. The van der Waals surface area contributed by atoms with Crippen molar-refractivity contribution >= 4 is 0 Å². The summed E-state index contributed by atoms with van der Waals surface area (Å²) in [6, 6.07) is 9.17. The maximum absolute atomic E-state index is 2.40. The molecule has 0 bridgehead atoms. The summed E-state index contributed by atoms with van der Waals surface area (Å²) in [5, 5.41) is 0. The van der Waals surface area contributed by atoms with Crippen LogP contribution in [0.1, 0.15) is 76.3 Å². The van der Waals surface area contributed by atoms with Crippen molar-refractivity contribution in [3.63, 3.8) is 0 Å². The second-order valence-corrected chi connectivity index (χ2v) is 7.52. The van der Waals surface area contributed by atoms with Crippen LogP contribution in [0.4, 0.5) is 0 Å². The maximum Gasteiger partial charge on any atom is -0.0250 e. The van der Waals surface area contributed by atoms with E-state index in [0.29, 0.717) is 0 Å². The van der Waals surface area contributed by atoms with Gasteiger partial charge in [-0.15, -0.1) is 0 Å². The first-order chi connectivity index (χ1) is 10.2. The first-order valence-electron chi connectivity index (χ1n) is 9.23. The monoisotopic (exact) mass is 286 g/mol. The van der Waals surface area contributed by atoms with E-state index in [4.69, 9.17) is 0 Å². The van der Waals surface area contributed by atoms with Crippen LogP contribution in [0.25, 0.3) is 0 Å². The highest BCUT2D eigenvalue weighted by molar-refractivity contribution is 5.21. The van der Waals surface area contributed by atoms with E-state index in [0.717, 1.165) is 17.8 Å². The zero-order chi connectivity index (χ0) is 15.1. The summed E-state index contributed by atoms with van der Waals surface area (Å²) in [6.07, 6.45) is 12.9. The molecule has 1 aromatic carbocycles. The van der Waals surface area contributed by atoms with E-state index in [1.165, 1.54) is 63.4 Å². The molecule has 1 unspecified atom stereocenters. The van der Waals surface area contributed by atoms with Gasteiger partial charge in [-0.1, -0.05) is 82.2 Å². The third-order valence-electron chi connectivity index (χ3n) is 5.62. The first kappa shape index (κ1) is 16.6. The topological polar surface area (TPSA) is 0 Å². The van der Waals surface area contributed by atoms with Crippen LogP contribution in [-0.4, -0.2) is 0 Å². The van der Waals surface area contributed by atoms with Crippen molar-refractivity contribution in [2.75, 3.05) is 0 Å². The van der Waals surface area contributed by atoms with Gasteiger partial charge in [-0.25, -0.2) is 0 Å². The minimum Gasteiger partial charge on any atom is -0.0651 e.